The first kappa shape index (κ1) is 19.7. The molecule has 0 aliphatic carbocycles. The first-order chi connectivity index (χ1) is 9.33. The molecular weight excluding hydrogens is 314 g/mol. The number of hydrogen-bond donors (Lipinski definition) is 0. The highest BCUT2D eigenvalue weighted by Crippen LogP contribution is 2.28. The third-order valence-corrected chi connectivity index (χ3v) is 5.15. The van der Waals surface area contributed by atoms with Crippen molar-refractivity contribution in [2.24, 2.45) is 5.92 Å². The highest BCUT2D eigenvalue weighted by molar-refractivity contribution is 8.47. The minimum atomic E-state index is -0.337. The quantitative estimate of drug-likeness (QED) is 0.526. The Morgan fingerprint density at radius 2 is 1.90 bits per heavy atom. The third kappa shape index (κ3) is 7.50. The van der Waals surface area contributed by atoms with E-state index < -0.39 is 0 Å². The molecular formula is C13H23NO3S3. The fourth-order valence-electron chi connectivity index (χ4n) is 1.46. The lowest BCUT2D eigenvalue weighted by atomic mass is 10.1. The van der Waals surface area contributed by atoms with Crippen LogP contribution in [0.4, 0.5) is 0 Å². The summed E-state index contributed by atoms with van der Waals surface area (Å²) >= 11 is 8.15. The number of esters is 1. The monoisotopic (exact) mass is 337 g/mol. The normalized spacial score (nSPS) is 13.4. The Labute approximate surface area is 135 Å². The number of carbonyl (C=O) groups is 2. The van der Waals surface area contributed by atoms with Gasteiger partial charge in [-0.25, -0.2) is 0 Å². The fraction of sp³-hybridized carbons (Fsp3) is 0.769. The van der Waals surface area contributed by atoms with Crippen molar-refractivity contribution in [3.8, 4) is 0 Å². The van der Waals surface area contributed by atoms with Crippen LogP contribution in [0.3, 0.4) is 0 Å². The molecule has 4 nitrogen and oxygen atoms in total. The Bertz CT molecular complexity index is 348. The molecule has 7 heteroatoms. The van der Waals surface area contributed by atoms with Gasteiger partial charge in [0.2, 0.25) is 5.91 Å². The fourth-order valence-corrected chi connectivity index (χ4v) is 4.30. The topological polar surface area (TPSA) is 46.6 Å². The summed E-state index contributed by atoms with van der Waals surface area (Å²) in [5, 5.41) is -0.337. The zero-order chi connectivity index (χ0) is 15.7. The first-order valence-electron chi connectivity index (χ1n) is 6.54. The van der Waals surface area contributed by atoms with Crippen molar-refractivity contribution in [2.45, 2.75) is 32.4 Å². The maximum Gasteiger partial charge on any atom is 0.308 e. The van der Waals surface area contributed by atoms with Gasteiger partial charge in [-0.1, -0.05) is 37.8 Å². The van der Waals surface area contributed by atoms with Crippen LogP contribution >= 0.6 is 35.7 Å². The van der Waals surface area contributed by atoms with Crippen LogP contribution in [0.2, 0.25) is 0 Å². The Morgan fingerprint density at radius 1 is 1.30 bits per heavy atom. The molecule has 0 bridgehead atoms. The number of amides is 1. The summed E-state index contributed by atoms with van der Waals surface area (Å²) in [7, 11) is 3.42. The van der Waals surface area contributed by atoms with Gasteiger partial charge in [-0.3, -0.25) is 9.59 Å². The van der Waals surface area contributed by atoms with E-state index in [2.05, 4.69) is 0 Å². The Hall–Kier alpha value is -0.270. The molecule has 2 atom stereocenters. The second-order valence-corrected chi connectivity index (χ2v) is 8.08. The summed E-state index contributed by atoms with van der Waals surface area (Å²) in [6.07, 6.45) is 0.435. The van der Waals surface area contributed by atoms with Crippen LogP contribution in [0.15, 0.2) is 0 Å². The predicted molar refractivity (Wildman–Crippen MR) is 91.2 cm³/mol. The van der Waals surface area contributed by atoms with Gasteiger partial charge in [0.05, 0.1) is 17.8 Å². The number of rotatable bonds is 7. The Morgan fingerprint density at radius 3 is 2.35 bits per heavy atom. The lowest BCUT2D eigenvalue weighted by molar-refractivity contribution is -0.147. The number of ether oxygens (including phenoxy) is 1. The van der Waals surface area contributed by atoms with Gasteiger partial charge in [-0.05, 0) is 19.1 Å². The van der Waals surface area contributed by atoms with Crippen LogP contribution in [0.1, 0.15) is 27.2 Å². The van der Waals surface area contributed by atoms with Gasteiger partial charge in [0.15, 0.2) is 0 Å². The number of carbonyl (C=O) groups excluding carboxylic acids is 2. The molecule has 0 aliphatic rings. The van der Waals surface area contributed by atoms with Gasteiger partial charge in [-0.15, -0.1) is 11.8 Å². The third-order valence-electron chi connectivity index (χ3n) is 2.47. The van der Waals surface area contributed by atoms with Gasteiger partial charge in [0.25, 0.3) is 0 Å². The van der Waals surface area contributed by atoms with E-state index in [-0.39, 0.29) is 23.0 Å². The van der Waals surface area contributed by atoms with Crippen molar-refractivity contribution in [3.05, 3.63) is 0 Å². The molecule has 0 saturated carbocycles. The lowest BCUT2D eigenvalue weighted by Crippen LogP contribution is -2.34. The predicted octanol–water partition coefficient (Wildman–Crippen LogP) is 2.80. The summed E-state index contributed by atoms with van der Waals surface area (Å²) < 4.78 is 5.73. The molecule has 20 heavy (non-hydrogen) atoms. The van der Waals surface area contributed by atoms with Crippen molar-refractivity contribution in [2.75, 3.05) is 26.5 Å². The summed E-state index contributed by atoms with van der Waals surface area (Å²) in [6.45, 7) is 5.92. The molecule has 0 aromatic carbocycles. The zero-order valence-corrected chi connectivity index (χ0v) is 15.1. The molecule has 0 radical (unpaired) electrons. The van der Waals surface area contributed by atoms with Crippen molar-refractivity contribution in [1.82, 2.24) is 4.90 Å². The first-order valence-corrected chi connectivity index (χ1v) is 8.81. The molecule has 0 aromatic heterocycles. The van der Waals surface area contributed by atoms with Crippen LogP contribution in [-0.4, -0.2) is 52.0 Å². The summed E-state index contributed by atoms with van der Waals surface area (Å²) in [6, 6.07) is 0. The average molecular weight is 338 g/mol. The molecule has 0 heterocycles. The minimum absolute atomic E-state index is 0.0230. The second kappa shape index (κ2) is 10.5. The Kier molecular flexibility index (Phi) is 10.3. The van der Waals surface area contributed by atoms with E-state index >= 15 is 0 Å². The van der Waals surface area contributed by atoms with Gasteiger partial charge in [0, 0.05) is 14.1 Å². The van der Waals surface area contributed by atoms with Crippen LogP contribution in [0, 0.1) is 5.92 Å². The summed E-state index contributed by atoms with van der Waals surface area (Å²) in [5.74, 6) is 0.275. The van der Waals surface area contributed by atoms with Crippen LogP contribution in [0.25, 0.3) is 0 Å². The molecule has 1 amide bonds. The van der Waals surface area contributed by atoms with Gasteiger partial charge in [0.1, 0.15) is 3.53 Å². The van der Waals surface area contributed by atoms with E-state index in [0.29, 0.717) is 13.0 Å². The number of nitrogens with zero attached hydrogens (tertiary/aromatic N) is 1. The lowest BCUT2D eigenvalue weighted by Gasteiger charge is -2.22. The molecule has 0 fully saturated rings. The van der Waals surface area contributed by atoms with Gasteiger partial charge >= 0.3 is 5.97 Å². The highest BCUT2D eigenvalue weighted by atomic mass is 32.2. The molecule has 0 saturated heterocycles. The second-order valence-electron chi connectivity index (χ2n) is 4.41. The van der Waals surface area contributed by atoms with Crippen molar-refractivity contribution < 1.29 is 14.3 Å². The van der Waals surface area contributed by atoms with E-state index in [4.69, 9.17) is 17.0 Å². The van der Waals surface area contributed by atoms with E-state index in [0.717, 1.165) is 9.28 Å². The number of thiocarbonyl (C=S) groups is 1. The van der Waals surface area contributed by atoms with E-state index in [1.54, 1.807) is 39.7 Å². The Balaban J connectivity index is 4.72. The number of hydrogen-bond acceptors (Lipinski definition) is 6. The average Bonchev–Trinajstić information content (AvgIpc) is 2.37. The molecule has 0 N–H and O–H groups in total. The smallest absolute Gasteiger partial charge is 0.308 e. The maximum atomic E-state index is 12.2. The number of thioether (sulfide) groups is 2. The van der Waals surface area contributed by atoms with E-state index in [9.17, 15) is 9.59 Å². The SMILES string of the molecule is CCOC(=O)C(C)CC(SC(=S)SCC)C(=O)N(C)C. The van der Waals surface area contributed by atoms with E-state index in [1.165, 1.54) is 16.7 Å². The van der Waals surface area contributed by atoms with Gasteiger partial charge in [-0.2, -0.15) is 0 Å². The molecule has 0 spiro atoms. The van der Waals surface area contributed by atoms with Crippen molar-refractivity contribution in [3.63, 3.8) is 0 Å². The largest absolute Gasteiger partial charge is 0.466 e. The maximum absolute atomic E-state index is 12.2. The molecule has 0 rings (SSSR count). The van der Waals surface area contributed by atoms with Crippen LogP contribution in [0.5, 0.6) is 0 Å². The van der Waals surface area contributed by atoms with Crippen LogP contribution in [-0.2, 0) is 14.3 Å². The van der Waals surface area contributed by atoms with Gasteiger partial charge < -0.3 is 9.64 Å². The summed E-state index contributed by atoms with van der Waals surface area (Å²) in [4.78, 5) is 25.4. The van der Waals surface area contributed by atoms with Crippen molar-refractivity contribution in [1.29, 1.82) is 0 Å². The minimum Gasteiger partial charge on any atom is -0.466 e. The molecule has 0 aliphatic heterocycles. The zero-order valence-electron chi connectivity index (χ0n) is 12.7. The van der Waals surface area contributed by atoms with E-state index in [1.807, 2.05) is 6.92 Å². The molecule has 0 aromatic rings. The van der Waals surface area contributed by atoms with Crippen LogP contribution < -0.4 is 0 Å². The molecule has 2 unspecified atom stereocenters. The standard InChI is InChI=1S/C13H23NO3S3/c1-6-17-12(16)9(3)8-10(11(15)14(4)5)20-13(18)19-7-2/h9-10H,6-8H2,1-5H3. The van der Waals surface area contributed by atoms with Crippen molar-refractivity contribution >= 4 is 51.1 Å². The molecule has 116 valence electrons. The summed E-state index contributed by atoms with van der Waals surface area (Å²) in [5.41, 5.74) is 0. The highest BCUT2D eigenvalue weighted by Gasteiger charge is 2.28.